The van der Waals surface area contributed by atoms with Crippen molar-refractivity contribution < 1.29 is 4.79 Å². The van der Waals surface area contributed by atoms with Crippen molar-refractivity contribution in [2.24, 2.45) is 5.92 Å². The second-order valence-corrected chi connectivity index (χ2v) is 8.25. The lowest BCUT2D eigenvalue weighted by molar-refractivity contribution is -0.119. The van der Waals surface area contributed by atoms with Gasteiger partial charge in [0.2, 0.25) is 5.91 Å². The average Bonchev–Trinajstić information content (AvgIpc) is 3.03. The molecule has 1 N–H and O–H groups in total. The molecule has 108 valence electrons. The number of thioether (sulfide) groups is 2. The largest absolute Gasteiger partial charge is 0.326 e. The molecule has 4 heteroatoms. The maximum Gasteiger partial charge on any atom is 0.227 e. The molecule has 0 unspecified atom stereocenters. The van der Waals surface area contributed by atoms with Crippen molar-refractivity contribution in [3.05, 3.63) is 29.8 Å². The van der Waals surface area contributed by atoms with Crippen molar-refractivity contribution in [2.45, 2.75) is 36.7 Å². The number of benzene rings is 1. The average molecular weight is 307 g/mol. The summed E-state index contributed by atoms with van der Waals surface area (Å²) >= 11 is 4.04. The Morgan fingerprint density at radius 1 is 1.10 bits per heavy atom. The molecular formula is C16H21NOS2. The van der Waals surface area contributed by atoms with E-state index in [4.69, 9.17) is 0 Å². The molecule has 0 radical (unpaired) electrons. The van der Waals surface area contributed by atoms with E-state index in [1.165, 1.54) is 36.3 Å². The first kappa shape index (κ1) is 14.3. The van der Waals surface area contributed by atoms with E-state index in [-0.39, 0.29) is 11.8 Å². The van der Waals surface area contributed by atoms with Crippen LogP contribution in [0, 0.1) is 5.92 Å². The lowest BCUT2D eigenvalue weighted by Crippen LogP contribution is -2.20. The van der Waals surface area contributed by atoms with Crippen LogP contribution in [0.15, 0.2) is 24.3 Å². The van der Waals surface area contributed by atoms with Crippen molar-refractivity contribution in [3.63, 3.8) is 0 Å². The van der Waals surface area contributed by atoms with E-state index in [0.29, 0.717) is 4.58 Å². The molecule has 1 saturated carbocycles. The summed E-state index contributed by atoms with van der Waals surface area (Å²) in [6.07, 6.45) is 5.82. The van der Waals surface area contributed by atoms with E-state index in [1.54, 1.807) is 0 Å². The molecule has 2 nitrogen and oxygen atoms in total. The van der Waals surface area contributed by atoms with Gasteiger partial charge in [-0.15, -0.1) is 23.5 Å². The van der Waals surface area contributed by atoms with E-state index in [9.17, 15) is 4.79 Å². The van der Waals surface area contributed by atoms with Crippen molar-refractivity contribution in [1.29, 1.82) is 0 Å². The zero-order chi connectivity index (χ0) is 13.8. The number of hydrogen-bond donors (Lipinski definition) is 1. The molecule has 1 amide bonds. The number of amides is 1. The summed E-state index contributed by atoms with van der Waals surface area (Å²) in [5, 5.41) is 3.11. The number of hydrogen-bond acceptors (Lipinski definition) is 3. The smallest absolute Gasteiger partial charge is 0.227 e. The molecule has 3 rings (SSSR count). The van der Waals surface area contributed by atoms with Crippen LogP contribution in [0.25, 0.3) is 0 Å². The highest BCUT2D eigenvalue weighted by Gasteiger charge is 2.23. The van der Waals surface area contributed by atoms with Gasteiger partial charge in [0, 0.05) is 11.6 Å². The summed E-state index contributed by atoms with van der Waals surface area (Å²) in [6.45, 7) is 0. The first-order valence-electron chi connectivity index (χ1n) is 7.47. The van der Waals surface area contributed by atoms with Crippen LogP contribution in [-0.4, -0.2) is 17.4 Å². The fraction of sp³-hybridized carbons (Fsp3) is 0.562. The van der Waals surface area contributed by atoms with Crippen LogP contribution in [-0.2, 0) is 4.79 Å². The van der Waals surface area contributed by atoms with E-state index in [2.05, 4.69) is 23.5 Å². The van der Waals surface area contributed by atoms with E-state index in [0.717, 1.165) is 18.5 Å². The molecule has 0 bridgehead atoms. The van der Waals surface area contributed by atoms with E-state index < -0.39 is 0 Å². The highest BCUT2D eigenvalue weighted by molar-refractivity contribution is 8.16. The minimum atomic E-state index is 0.212. The fourth-order valence-corrected chi connectivity index (χ4v) is 5.75. The van der Waals surface area contributed by atoms with Crippen molar-refractivity contribution >= 4 is 35.1 Å². The van der Waals surface area contributed by atoms with Gasteiger partial charge >= 0.3 is 0 Å². The van der Waals surface area contributed by atoms with E-state index >= 15 is 0 Å². The lowest BCUT2D eigenvalue weighted by Gasteiger charge is -2.21. The Kier molecular flexibility index (Phi) is 4.94. The molecule has 0 spiro atoms. The zero-order valence-electron chi connectivity index (χ0n) is 11.6. The minimum Gasteiger partial charge on any atom is -0.326 e. The van der Waals surface area contributed by atoms with Gasteiger partial charge in [-0.05, 0) is 48.5 Å². The van der Waals surface area contributed by atoms with Crippen molar-refractivity contribution in [3.8, 4) is 0 Å². The quantitative estimate of drug-likeness (QED) is 0.879. The molecule has 1 aromatic rings. The molecular weight excluding hydrogens is 286 g/mol. The van der Waals surface area contributed by atoms with Gasteiger partial charge in [0.1, 0.15) is 0 Å². The number of rotatable bonds is 3. The number of carbonyl (C=O) groups excluding carboxylic acids is 1. The first-order valence-corrected chi connectivity index (χ1v) is 9.57. The summed E-state index contributed by atoms with van der Waals surface area (Å²) in [4.78, 5) is 12.2. The number of carbonyl (C=O) groups is 1. The van der Waals surface area contributed by atoms with Gasteiger partial charge < -0.3 is 5.32 Å². The number of nitrogens with one attached hydrogen (secondary N) is 1. The standard InChI is InChI=1S/C16H21NOS2/c18-15(12-5-1-2-6-12)17-14-8-3-7-13(11-14)16-19-9-4-10-20-16/h3,7-8,11-12,16H,1-2,4-6,9-10H2,(H,17,18). The lowest BCUT2D eigenvalue weighted by atomic mass is 10.1. The third kappa shape index (κ3) is 3.53. The zero-order valence-corrected chi connectivity index (χ0v) is 13.3. The highest BCUT2D eigenvalue weighted by Crippen LogP contribution is 2.44. The topological polar surface area (TPSA) is 29.1 Å². The van der Waals surface area contributed by atoms with Gasteiger partial charge in [0.05, 0.1) is 4.58 Å². The normalized spacial score (nSPS) is 21.0. The van der Waals surface area contributed by atoms with Gasteiger partial charge in [-0.2, -0.15) is 0 Å². The third-order valence-corrected chi connectivity index (χ3v) is 6.99. The summed E-state index contributed by atoms with van der Waals surface area (Å²) in [7, 11) is 0. The highest BCUT2D eigenvalue weighted by atomic mass is 32.2. The Morgan fingerprint density at radius 2 is 1.85 bits per heavy atom. The van der Waals surface area contributed by atoms with Crippen LogP contribution in [0.2, 0.25) is 0 Å². The molecule has 20 heavy (non-hydrogen) atoms. The summed E-state index contributed by atoms with van der Waals surface area (Å²) in [5.41, 5.74) is 2.30. The van der Waals surface area contributed by atoms with Crippen LogP contribution in [0.1, 0.15) is 42.2 Å². The molecule has 1 aromatic carbocycles. The Balaban J connectivity index is 1.65. The van der Waals surface area contributed by atoms with Crippen LogP contribution < -0.4 is 5.32 Å². The molecule has 1 aliphatic heterocycles. The van der Waals surface area contributed by atoms with Crippen LogP contribution in [0.3, 0.4) is 0 Å². The van der Waals surface area contributed by atoms with Crippen molar-refractivity contribution in [2.75, 3.05) is 16.8 Å². The molecule has 2 fully saturated rings. The predicted octanol–water partition coefficient (Wildman–Crippen LogP) is 4.68. The molecule has 1 heterocycles. The van der Waals surface area contributed by atoms with Crippen LogP contribution in [0.4, 0.5) is 5.69 Å². The molecule has 2 aliphatic rings. The van der Waals surface area contributed by atoms with Crippen molar-refractivity contribution in [1.82, 2.24) is 0 Å². The maximum absolute atomic E-state index is 12.2. The molecule has 1 saturated heterocycles. The monoisotopic (exact) mass is 307 g/mol. The Labute approximate surface area is 129 Å². The first-order chi connectivity index (χ1) is 9.83. The van der Waals surface area contributed by atoms with Gasteiger partial charge in [0.15, 0.2) is 0 Å². The number of anilines is 1. The van der Waals surface area contributed by atoms with Gasteiger partial charge in [-0.1, -0.05) is 25.0 Å². The van der Waals surface area contributed by atoms with Gasteiger partial charge in [0.25, 0.3) is 0 Å². The maximum atomic E-state index is 12.2. The summed E-state index contributed by atoms with van der Waals surface area (Å²) < 4.78 is 0.534. The molecule has 1 aliphatic carbocycles. The molecule has 0 atom stereocenters. The van der Waals surface area contributed by atoms with Gasteiger partial charge in [-0.3, -0.25) is 4.79 Å². The second-order valence-electron chi connectivity index (χ2n) is 5.52. The Morgan fingerprint density at radius 3 is 2.60 bits per heavy atom. The van der Waals surface area contributed by atoms with Gasteiger partial charge in [-0.25, -0.2) is 0 Å². The van der Waals surface area contributed by atoms with E-state index in [1.807, 2.05) is 29.6 Å². The molecule has 0 aromatic heterocycles. The minimum absolute atomic E-state index is 0.212. The fourth-order valence-electron chi connectivity index (χ4n) is 2.88. The second kappa shape index (κ2) is 6.90. The summed E-state index contributed by atoms with van der Waals surface area (Å²) in [6, 6.07) is 8.41. The van der Waals surface area contributed by atoms with Crippen LogP contribution in [0.5, 0.6) is 0 Å². The third-order valence-electron chi connectivity index (χ3n) is 3.98. The SMILES string of the molecule is O=C(Nc1cccc(C2SCCCS2)c1)C1CCCC1. The summed E-state index contributed by atoms with van der Waals surface area (Å²) in [5.74, 6) is 2.94. The Hall–Kier alpha value is -0.610. The Bertz CT molecular complexity index is 465. The predicted molar refractivity (Wildman–Crippen MR) is 89.3 cm³/mol. The van der Waals surface area contributed by atoms with Crippen LogP contribution >= 0.6 is 23.5 Å².